The number of benzene rings is 1. The Kier molecular flexibility index (Phi) is 4.15. The summed E-state index contributed by atoms with van der Waals surface area (Å²) in [5.74, 6) is 0. The standard InChI is InChI=1S/C10H16O2Si/c1-4-12-13(11-3)10-8-6-5-7-9(10)2/h5-8,13H,4H2,1-3H3. The van der Waals surface area contributed by atoms with E-state index in [2.05, 4.69) is 19.1 Å². The lowest BCUT2D eigenvalue weighted by atomic mass is 10.2. The minimum Gasteiger partial charge on any atom is -0.397 e. The Balaban J connectivity index is 2.84. The van der Waals surface area contributed by atoms with Crippen molar-refractivity contribution in [3.8, 4) is 0 Å². The molecule has 1 rings (SSSR count). The Morgan fingerprint density at radius 1 is 1.31 bits per heavy atom. The molecule has 1 atom stereocenters. The Bertz CT molecular complexity index is 263. The van der Waals surface area contributed by atoms with Crippen molar-refractivity contribution in [1.29, 1.82) is 0 Å². The minimum atomic E-state index is -1.61. The van der Waals surface area contributed by atoms with Gasteiger partial charge in [0, 0.05) is 13.7 Å². The van der Waals surface area contributed by atoms with Crippen LogP contribution in [0.25, 0.3) is 0 Å². The molecule has 0 fully saturated rings. The lowest BCUT2D eigenvalue weighted by Gasteiger charge is -2.14. The number of rotatable bonds is 4. The van der Waals surface area contributed by atoms with Crippen LogP contribution in [0.15, 0.2) is 24.3 Å². The normalized spacial score (nSPS) is 12.8. The van der Waals surface area contributed by atoms with Crippen LogP contribution in [0.4, 0.5) is 0 Å². The maximum absolute atomic E-state index is 5.57. The molecule has 0 spiro atoms. The molecule has 0 aromatic heterocycles. The van der Waals surface area contributed by atoms with Gasteiger partial charge in [-0.15, -0.1) is 0 Å². The second kappa shape index (κ2) is 5.17. The highest BCUT2D eigenvalue weighted by molar-refractivity contribution is 6.61. The average molecular weight is 196 g/mol. The summed E-state index contributed by atoms with van der Waals surface area (Å²) in [5.41, 5.74) is 1.26. The van der Waals surface area contributed by atoms with Crippen LogP contribution in [-0.4, -0.2) is 23.0 Å². The molecule has 0 heterocycles. The molecule has 0 bridgehead atoms. The first kappa shape index (κ1) is 10.4. The van der Waals surface area contributed by atoms with Crippen LogP contribution < -0.4 is 5.19 Å². The third kappa shape index (κ3) is 2.65. The summed E-state index contributed by atoms with van der Waals surface area (Å²) in [5, 5.41) is 1.24. The van der Waals surface area contributed by atoms with Gasteiger partial charge in [0.15, 0.2) is 0 Å². The van der Waals surface area contributed by atoms with Gasteiger partial charge >= 0.3 is 9.28 Å². The van der Waals surface area contributed by atoms with Gasteiger partial charge in [0.1, 0.15) is 0 Å². The summed E-state index contributed by atoms with van der Waals surface area (Å²) >= 11 is 0. The molecule has 0 saturated heterocycles. The van der Waals surface area contributed by atoms with E-state index in [0.29, 0.717) is 0 Å². The van der Waals surface area contributed by atoms with E-state index in [0.717, 1.165) is 6.61 Å². The first-order valence-corrected chi connectivity index (χ1v) is 6.01. The van der Waals surface area contributed by atoms with Crippen molar-refractivity contribution in [2.45, 2.75) is 13.8 Å². The van der Waals surface area contributed by atoms with Crippen LogP contribution in [0, 0.1) is 6.92 Å². The molecule has 72 valence electrons. The fourth-order valence-electron chi connectivity index (χ4n) is 1.29. The van der Waals surface area contributed by atoms with E-state index in [4.69, 9.17) is 8.85 Å². The van der Waals surface area contributed by atoms with E-state index in [9.17, 15) is 0 Å². The predicted molar refractivity (Wildman–Crippen MR) is 56.6 cm³/mol. The van der Waals surface area contributed by atoms with Crippen LogP contribution >= 0.6 is 0 Å². The van der Waals surface area contributed by atoms with Gasteiger partial charge in [-0.25, -0.2) is 0 Å². The summed E-state index contributed by atoms with van der Waals surface area (Å²) < 4.78 is 10.9. The maximum atomic E-state index is 5.57. The van der Waals surface area contributed by atoms with E-state index in [-0.39, 0.29) is 0 Å². The Morgan fingerprint density at radius 2 is 2.00 bits per heavy atom. The van der Waals surface area contributed by atoms with Crippen LogP contribution in [-0.2, 0) is 8.85 Å². The maximum Gasteiger partial charge on any atom is 0.355 e. The van der Waals surface area contributed by atoms with E-state index in [1.54, 1.807) is 7.11 Å². The third-order valence-electron chi connectivity index (χ3n) is 1.97. The monoisotopic (exact) mass is 196 g/mol. The third-order valence-corrected chi connectivity index (χ3v) is 4.19. The van der Waals surface area contributed by atoms with Crippen LogP contribution in [0.1, 0.15) is 12.5 Å². The van der Waals surface area contributed by atoms with Crippen LogP contribution in [0.5, 0.6) is 0 Å². The molecular formula is C10H16O2Si. The van der Waals surface area contributed by atoms with Crippen molar-refractivity contribution < 1.29 is 8.85 Å². The largest absolute Gasteiger partial charge is 0.397 e. The van der Waals surface area contributed by atoms with Crippen molar-refractivity contribution in [2.75, 3.05) is 13.7 Å². The van der Waals surface area contributed by atoms with Crippen molar-refractivity contribution in [1.82, 2.24) is 0 Å². The molecule has 0 aliphatic rings. The SMILES string of the molecule is CCO[SiH](OC)c1ccccc1C. The van der Waals surface area contributed by atoms with Crippen molar-refractivity contribution in [2.24, 2.45) is 0 Å². The number of hydrogen-bond donors (Lipinski definition) is 0. The van der Waals surface area contributed by atoms with Crippen molar-refractivity contribution >= 4 is 14.5 Å². The first-order valence-electron chi connectivity index (χ1n) is 4.49. The van der Waals surface area contributed by atoms with Gasteiger partial charge in [0.2, 0.25) is 0 Å². The zero-order chi connectivity index (χ0) is 9.68. The molecule has 0 aliphatic carbocycles. The predicted octanol–water partition coefficient (Wildman–Crippen LogP) is 1.11. The zero-order valence-corrected chi connectivity index (χ0v) is 9.57. The molecule has 2 nitrogen and oxygen atoms in total. The summed E-state index contributed by atoms with van der Waals surface area (Å²) in [7, 11) is 0.111. The average Bonchev–Trinajstić information content (AvgIpc) is 2.16. The minimum absolute atomic E-state index is 0.721. The van der Waals surface area contributed by atoms with Gasteiger partial charge in [-0.2, -0.15) is 0 Å². The number of aryl methyl sites for hydroxylation is 1. The fraction of sp³-hybridized carbons (Fsp3) is 0.400. The first-order chi connectivity index (χ1) is 6.29. The molecule has 0 amide bonds. The highest BCUT2D eigenvalue weighted by Crippen LogP contribution is 1.98. The summed E-state index contributed by atoms with van der Waals surface area (Å²) in [6.07, 6.45) is 0. The Labute approximate surface area is 81.3 Å². The molecule has 0 aliphatic heterocycles. The topological polar surface area (TPSA) is 18.5 Å². The van der Waals surface area contributed by atoms with Gasteiger partial charge < -0.3 is 8.85 Å². The van der Waals surface area contributed by atoms with E-state index in [1.165, 1.54) is 10.8 Å². The van der Waals surface area contributed by atoms with Gasteiger partial charge in [0.05, 0.1) is 0 Å². The van der Waals surface area contributed by atoms with Crippen LogP contribution in [0.2, 0.25) is 0 Å². The van der Waals surface area contributed by atoms with E-state index < -0.39 is 9.28 Å². The fourth-order valence-corrected chi connectivity index (χ4v) is 2.90. The zero-order valence-electron chi connectivity index (χ0n) is 8.41. The van der Waals surface area contributed by atoms with Gasteiger partial charge in [0.25, 0.3) is 0 Å². The number of hydrogen-bond acceptors (Lipinski definition) is 2. The second-order valence-corrected chi connectivity index (χ2v) is 4.97. The summed E-state index contributed by atoms with van der Waals surface area (Å²) in [6, 6.07) is 8.24. The van der Waals surface area contributed by atoms with Gasteiger partial charge in [-0.3, -0.25) is 0 Å². The summed E-state index contributed by atoms with van der Waals surface area (Å²) in [6.45, 7) is 4.81. The lowest BCUT2D eigenvalue weighted by molar-refractivity contribution is 0.253. The van der Waals surface area contributed by atoms with Gasteiger partial charge in [-0.1, -0.05) is 24.3 Å². The molecule has 13 heavy (non-hydrogen) atoms. The van der Waals surface area contributed by atoms with E-state index in [1.807, 2.05) is 19.1 Å². The molecule has 1 aromatic carbocycles. The Morgan fingerprint density at radius 3 is 2.54 bits per heavy atom. The molecular weight excluding hydrogens is 180 g/mol. The molecule has 0 N–H and O–H groups in total. The molecule has 0 radical (unpaired) electrons. The molecule has 3 heteroatoms. The molecule has 0 saturated carbocycles. The molecule has 1 aromatic rings. The van der Waals surface area contributed by atoms with Crippen LogP contribution in [0.3, 0.4) is 0 Å². The smallest absolute Gasteiger partial charge is 0.355 e. The highest BCUT2D eigenvalue weighted by Gasteiger charge is 2.15. The van der Waals surface area contributed by atoms with Gasteiger partial charge in [-0.05, 0) is 24.6 Å². The molecule has 1 unspecified atom stereocenters. The summed E-state index contributed by atoms with van der Waals surface area (Å²) in [4.78, 5) is 0. The second-order valence-electron chi connectivity index (χ2n) is 2.88. The van der Waals surface area contributed by atoms with E-state index >= 15 is 0 Å². The highest BCUT2D eigenvalue weighted by atomic mass is 28.3. The lowest BCUT2D eigenvalue weighted by Crippen LogP contribution is -2.37. The van der Waals surface area contributed by atoms with Crippen molar-refractivity contribution in [3.05, 3.63) is 29.8 Å². The quantitative estimate of drug-likeness (QED) is 0.672. The van der Waals surface area contributed by atoms with Crippen molar-refractivity contribution in [3.63, 3.8) is 0 Å². The Hall–Kier alpha value is -0.643.